The number of ketones is 1. The van der Waals surface area contributed by atoms with Gasteiger partial charge in [-0.3, -0.25) is 4.79 Å². The molecule has 0 unspecified atom stereocenters. The number of methoxy groups -OCH3 is 2. The predicted molar refractivity (Wildman–Crippen MR) is 118 cm³/mol. The molecule has 1 aliphatic rings. The van der Waals surface area contributed by atoms with Crippen LogP contribution in [0.3, 0.4) is 0 Å². The second-order valence-electron chi connectivity index (χ2n) is 6.64. The van der Waals surface area contributed by atoms with Crippen molar-refractivity contribution in [2.45, 2.75) is 0 Å². The number of carbonyl (C=O) groups excluding carboxylic acids is 2. The normalized spacial score (nSPS) is 13.5. The fourth-order valence-electron chi connectivity index (χ4n) is 3.07. The predicted octanol–water partition coefficient (Wildman–Crippen LogP) is 5.30. The third-order valence-electron chi connectivity index (χ3n) is 4.59. The number of allylic oxidation sites excluding steroid dienone is 1. The lowest BCUT2D eigenvalue weighted by Gasteiger charge is -2.09. The first kappa shape index (κ1) is 20.7. The zero-order valence-electron chi connectivity index (χ0n) is 16.7. The Kier molecular flexibility index (Phi) is 5.77. The molecule has 3 aromatic rings. The highest BCUT2D eigenvalue weighted by molar-refractivity contribution is 9.10. The van der Waals surface area contributed by atoms with Crippen molar-refractivity contribution in [3.05, 3.63) is 87.6 Å². The quantitative estimate of drug-likeness (QED) is 0.280. The van der Waals surface area contributed by atoms with E-state index < -0.39 is 5.97 Å². The summed E-state index contributed by atoms with van der Waals surface area (Å²) in [5.74, 6) is 0.903. The van der Waals surface area contributed by atoms with Gasteiger partial charge in [-0.2, -0.15) is 0 Å². The van der Waals surface area contributed by atoms with E-state index in [2.05, 4.69) is 15.9 Å². The van der Waals surface area contributed by atoms with Crippen molar-refractivity contribution >= 4 is 33.8 Å². The average Bonchev–Trinajstić information content (AvgIpc) is 3.07. The van der Waals surface area contributed by atoms with Gasteiger partial charge in [-0.1, -0.05) is 28.1 Å². The lowest BCUT2D eigenvalue weighted by atomic mass is 10.1. The largest absolute Gasteiger partial charge is 0.497 e. The van der Waals surface area contributed by atoms with Crippen LogP contribution in [0, 0.1) is 0 Å². The molecule has 0 aliphatic carbocycles. The SMILES string of the molecule is COc1cc(OC)cc(C(=O)Oc2ccc3c(c2)O/C(=C\c2cccc(Br)c2)C3=O)c1. The van der Waals surface area contributed by atoms with Gasteiger partial charge >= 0.3 is 5.97 Å². The maximum absolute atomic E-state index is 12.6. The number of carbonyl (C=O) groups is 2. The second kappa shape index (κ2) is 8.65. The fraction of sp³-hybridized carbons (Fsp3) is 0.0833. The van der Waals surface area contributed by atoms with Gasteiger partial charge in [0.2, 0.25) is 5.78 Å². The summed E-state index contributed by atoms with van der Waals surface area (Å²) in [6.45, 7) is 0. The van der Waals surface area contributed by atoms with Gasteiger partial charge in [0.05, 0.1) is 25.3 Å². The third-order valence-corrected chi connectivity index (χ3v) is 5.08. The second-order valence-corrected chi connectivity index (χ2v) is 7.56. The molecule has 1 heterocycles. The lowest BCUT2D eigenvalue weighted by molar-refractivity contribution is 0.0733. The number of esters is 1. The Hall–Kier alpha value is -3.58. The molecule has 0 fully saturated rings. The van der Waals surface area contributed by atoms with Crippen LogP contribution < -0.4 is 18.9 Å². The van der Waals surface area contributed by atoms with Crippen molar-refractivity contribution in [3.8, 4) is 23.0 Å². The summed E-state index contributed by atoms with van der Waals surface area (Å²) < 4.78 is 22.5. The summed E-state index contributed by atoms with van der Waals surface area (Å²) in [7, 11) is 3.00. The lowest BCUT2D eigenvalue weighted by Crippen LogP contribution is -2.09. The number of benzene rings is 3. The van der Waals surface area contributed by atoms with E-state index in [4.69, 9.17) is 18.9 Å². The Morgan fingerprint density at radius 3 is 2.35 bits per heavy atom. The Bertz CT molecular complexity index is 1190. The van der Waals surface area contributed by atoms with Crippen molar-refractivity contribution in [2.75, 3.05) is 14.2 Å². The van der Waals surface area contributed by atoms with Crippen molar-refractivity contribution < 1.29 is 28.5 Å². The summed E-state index contributed by atoms with van der Waals surface area (Å²) in [5.41, 5.74) is 1.50. The maximum atomic E-state index is 12.6. The summed E-state index contributed by atoms with van der Waals surface area (Å²) in [6, 6.07) is 16.9. The highest BCUT2D eigenvalue weighted by Crippen LogP contribution is 2.35. The molecule has 0 aromatic heterocycles. The van der Waals surface area contributed by atoms with Crippen LogP contribution in [0.5, 0.6) is 23.0 Å². The molecule has 31 heavy (non-hydrogen) atoms. The molecule has 7 heteroatoms. The van der Waals surface area contributed by atoms with E-state index in [1.165, 1.54) is 20.3 Å². The number of hydrogen-bond acceptors (Lipinski definition) is 6. The van der Waals surface area contributed by atoms with Crippen LogP contribution in [0.2, 0.25) is 0 Å². The van der Waals surface area contributed by atoms with Crippen LogP contribution in [0.1, 0.15) is 26.3 Å². The van der Waals surface area contributed by atoms with Crippen LogP contribution in [-0.2, 0) is 0 Å². The standard InChI is InChI=1S/C24H17BrO6/c1-28-18-10-15(11-19(12-18)29-2)24(27)30-17-6-7-20-21(13-17)31-22(23(20)26)9-14-4-3-5-16(25)8-14/h3-13H,1-2H3/b22-9-. The molecular weight excluding hydrogens is 464 g/mol. The first-order valence-corrected chi connectivity index (χ1v) is 10.1. The molecule has 0 atom stereocenters. The van der Waals surface area contributed by atoms with Crippen LogP contribution in [0.25, 0.3) is 6.08 Å². The number of hydrogen-bond donors (Lipinski definition) is 0. The van der Waals surface area contributed by atoms with Crippen LogP contribution in [-0.4, -0.2) is 26.0 Å². The van der Waals surface area contributed by atoms with Gasteiger partial charge < -0.3 is 18.9 Å². The number of fused-ring (bicyclic) bond motifs is 1. The molecule has 0 saturated carbocycles. The summed E-state index contributed by atoms with van der Waals surface area (Å²) in [4.78, 5) is 25.2. The number of halogens is 1. The molecule has 0 spiro atoms. The van der Waals surface area contributed by atoms with Gasteiger partial charge in [-0.15, -0.1) is 0 Å². The van der Waals surface area contributed by atoms with E-state index in [9.17, 15) is 9.59 Å². The minimum atomic E-state index is -0.591. The Balaban J connectivity index is 1.56. The maximum Gasteiger partial charge on any atom is 0.343 e. The molecule has 156 valence electrons. The smallest absolute Gasteiger partial charge is 0.343 e. The molecule has 3 aromatic carbocycles. The Morgan fingerprint density at radius 1 is 0.935 bits per heavy atom. The van der Waals surface area contributed by atoms with Crippen LogP contribution in [0.4, 0.5) is 0 Å². The van der Waals surface area contributed by atoms with Crippen molar-refractivity contribution in [1.29, 1.82) is 0 Å². The molecule has 1 aliphatic heterocycles. The van der Waals surface area contributed by atoms with Gasteiger partial charge in [0.1, 0.15) is 23.0 Å². The Morgan fingerprint density at radius 2 is 1.68 bits per heavy atom. The zero-order valence-corrected chi connectivity index (χ0v) is 18.3. The highest BCUT2D eigenvalue weighted by atomic mass is 79.9. The monoisotopic (exact) mass is 480 g/mol. The summed E-state index contributed by atoms with van der Waals surface area (Å²) in [5, 5.41) is 0. The van der Waals surface area contributed by atoms with E-state index >= 15 is 0 Å². The van der Waals surface area contributed by atoms with Crippen LogP contribution in [0.15, 0.2) is 70.9 Å². The summed E-state index contributed by atoms with van der Waals surface area (Å²) in [6.07, 6.45) is 1.67. The first-order valence-electron chi connectivity index (χ1n) is 9.26. The minimum absolute atomic E-state index is 0.203. The highest BCUT2D eigenvalue weighted by Gasteiger charge is 2.28. The summed E-state index contributed by atoms with van der Waals surface area (Å²) >= 11 is 3.41. The average molecular weight is 481 g/mol. The number of ether oxygens (including phenoxy) is 4. The minimum Gasteiger partial charge on any atom is -0.497 e. The molecule has 0 bridgehead atoms. The molecule has 6 nitrogen and oxygen atoms in total. The van der Waals surface area contributed by atoms with Crippen molar-refractivity contribution in [1.82, 2.24) is 0 Å². The third kappa shape index (κ3) is 4.46. The van der Waals surface area contributed by atoms with Gasteiger partial charge in [-0.05, 0) is 48.0 Å². The first-order chi connectivity index (χ1) is 15.0. The molecule has 0 N–H and O–H groups in total. The van der Waals surface area contributed by atoms with E-state index in [1.807, 2.05) is 24.3 Å². The van der Waals surface area contributed by atoms with E-state index in [1.54, 1.807) is 36.4 Å². The fourth-order valence-corrected chi connectivity index (χ4v) is 3.49. The van der Waals surface area contributed by atoms with Gasteiger partial charge in [0.15, 0.2) is 5.76 Å². The zero-order chi connectivity index (χ0) is 22.0. The Labute approximate surface area is 187 Å². The van der Waals surface area contributed by atoms with Crippen molar-refractivity contribution in [3.63, 3.8) is 0 Å². The van der Waals surface area contributed by atoms with Gasteiger partial charge in [-0.25, -0.2) is 4.79 Å². The topological polar surface area (TPSA) is 71.1 Å². The number of rotatable bonds is 5. The molecule has 0 radical (unpaired) electrons. The molecule has 0 amide bonds. The van der Waals surface area contributed by atoms with Crippen molar-refractivity contribution in [2.24, 2.45) is 0 Å². The van der Waals surface area contributed by atoms with Crippen LogP contribution >= 0.6 is 15.9 Å². The van der Waals surface area contributed by atoms with Gasteiger partial charge in [0, 0.05) is 16.6 Å². The van der Waals surface area contributed by atoms with Gasteiger partial charge in [0.25, 0.3) is 0 Å². The molecule has 0 saturated heterocycles. The molecular formula is C24H17BrO6. The van der Waals surface area contributed by atoms with E-state index in [-0.39, 0.29) is 22.9 Å². The molecule has 4 rings (SSSR count). The van der Waals surface area contributed by atoms with E-state index in [0.29, 0.717) is 22.8 Å². The number of Topliss-reactive ketones (excluding diaryl/α,β-unsaturated/α-hetero) is 1. The van der Waals surface area contributed by atoms with E-state index in [0.717, 1.165) is 10.0 Å².